The van der Waals surface area contributed by atoms with E-state index in [1.807, 2.05) is 23.6 Å². The number of carbonyl (C=O) groups excluding carboxylic acids is 1. The smallest absolute Gasteiger partial charge is 0.228 e. The van der Waals surface area contributed by atoms with E-state index in [-0.39, 0.29) is 5.91 Å². The molecule has 0 aliphatic rings. The van der Waals surface area contributed by atoms with Gasteiger partial charge in [0.05, 0.1) is 11.2 Å². The molecule has 112 valence electrons. The molecule has 0 saturated carbocycles. The van der Waals surface area contributed by atoms with Gasteiger partial charge in [-0.1, -0.05) is 48.5 Å². The van der Waals surface area contributed by atoms with Crippen molar-refractivity contribution >= 4 is 27.6 Å². The maximum Gasteiger partial charge on any atom is 0.228 e. The second kappa shape index (κ2) is 5.10. The van der Waals surface area contributed by atoms with Crippen LogP contribution in [0.4, 0.5) is 0 Å². The molecule has 0 N–H and O–H groups in total. The summed E-state index contributed by atoms with van der Waals surface area (Å²) in [5.74, 6) is 0.0359. The third-order valence-electron chi connectivity index (χ3n) is 4.32. The van der Waals surface area contributed by atoms with Crippen molar-refractivity contribution in [2.45, 2.75) is 13.8 Å². The molecule has 0 unspecified atom stereocenters. The second-order valence-corrected chi connectivity index (χ2v) is 6.01. The number of hydrogen-bond acceptors (Lipinski definition) is 1. The SMILES string of the molecule is CC(=O)n1c(-c2ccc3ccccc3c2)cc2ccc(C)cc21. The maximum atomic E-state index is 12.3. The minimum Gasteiger partial charge on any atom is -0.280 e. The number of hydrogen-bond donors (Lipinski definition) is 0. The molecule has 1 aromatic heterocycles. The summed E-state index contributed by atoms with van der Waals surface area (Å²) in [5.41, 5.74) is 4.14. The number of nitrogens with zero attached hydrogens (tertiary/aromatic N) is 1. The van der Waals surface area contributed by atoms with Gasteiger partial charge in [-0.15, -0.1) is 0 Å². The number of aryl methyl sites for hydroxylation is 1. The molecular formula is C21H17NO. The summed E-state index contributed by atoms with van der Waals surface area (Å²) in [6.07, 6.45) is 0. The Morgan fingerprint density at radius 3 is 2.35 bits per heavy atom. The van der Waals surface area contributed by atoms with Crippen LogP contribution in [0.3, 0.4) is 0 Å². The van der Waals surface area contributed by atoms with Gasteiger partial charge in [0.25, 0.3) is 0 Å². The summed E-state index contributed by atoms with van der Waals surface area (Å²) in [5, 5.41) is 3.48. The fraction of sp³-hybridized carbons (Fsp3) is 0.0952. The molecule has 2 heteroatoms. The Labute approximate surface area is 135 Å². The van der Waals surface area contributed by atoms with Crippen molar-refractivity contribution in [3.63, 3.8) is 0 Å². The maximum absolute atomic E-state index is 12.3. The predicted octanol–water partition coefficient (Wildman–Crippen LogP) is 5.43. The van der Waals surface area contributed by atoms with Crippen LogP contribution in [0.15, 0.2) is 66.7 Å². The lowest BCUT2D eigenvalue weighted by molar-refractivity contribution is 0.0943. The summed E-state index contributed by atoms with van der Waals surface area (Å²) in [6, 6.07) is 22.9. The first-order chi connectivity index (χ1) is 11.1. The van der Waals surface area contributed by atoms with Gasteiger partial charge < -0.3 is 0 Å². The van der Waals surface area contributed by atoms with E-state index < -0.39 is 0 Å². The molecule has 2 nitrogen and oxygen atoms in total. The molecule has 0 atom stereocenters. The third-order valence-corrected chi connectivity index (χ3v) is 4.32. The summed E-state index contributed by atoms with van der Waals surface area (Å²) in [7, 11) is 0. The number of aromatic nitrogens is 1. The molecule has 0 fully saturated rings. The number of rotatable bonds is 1. The lowest BCUT2D eigenvalue weighted by atomic mass is 10.0. The lowest BCUT2D eigenvalue weighted by Gasteiger charge is -2.08. The van der Waals surface area contributed by atoms with E-state index in [0.29, 0.717) is 0 Å². The quantitative estimate of drug-likeness (QED) is 0.459. The molecule has 1 heterocycles. The fourth-order valence-electron chi connectivity index (χ4n) is 3.21. The van der Waals surface area contributed by atoms with Gasteiger partial charge in [0.2, 0.25) is 5.91 Å². The molecule has 0 spiro atoms. The first kappa shape index (κ1) is 13.8. The topological polar surface area (TPSA) is 22.0 Å². The van der Waals surface area contributed by atoms with Crippen LogP contribution < -0.4 is 0 Å². The molecule has 4 aromatic rings. The molecular weight excluding hydrogens is 282 g/mol. The van der Waals surface area contributed by atoms with Crippen molar-refractivity contribution < 1.29 is 4.79 Å². The van der Waals surface area contributed by atoms with Crippen molar-refractivity contribution in [2.75, 3.05) is 0 Å². The van der Waals surface area contributed by atoms with Crippen LogP contribution in [0.25, 0.3) is 32.9 Å². The van der Waals surface area contributed by atoms with Crippen LogP contribution in [0.5, 0.6) is 0 Å². The fourth-order valence-corrected chi connectivity index (χ4v) is 3.21. The zero-order valence-electron chi connectivity index (χ0n) is 13.2. The van der Waals surface area contributed by atoms with Crippen LogP contribution in [0.1, 0.15) is 17.3 Å². The Morgan fingerprint density at radius 2 is 1.57 bits per heavy atom. The Morgan fingerprint density at radius 1 is 0.826 bits per heavy atom. The summed E-state index contributed by atoms with van der Waals surface area (Å²) in [6.45, 7) is 3.67. The van der Waals surface area contributed by atoms with E-state index in [0.717, 1.165) is 27.7 Å². The molecule has 0 aliphatic carbocycles. The number of carbonyl (C=O) groups is 1. The zero-order valence-corrected chi connectivity index (χ0v) is 13.2. The van der Waals surface area contributed by atoms with E-state index in [1.54, 1.807) is 6.92 Å². The molecule has 0 radical (unpaired) electrons. The standard InChI is InChI=1S/C21H17NO/c1-14-7-8-19-13-21(22(15(2)23)20(19)11-14)18-10-9-16-5-3-4-6-17(16)12-18/h3-13H,1-2H3. The number of benzene rings is 3. The molecule has 0 saturated heterocycles. The van der Waals surface area contributed by atoms with E-state index >= 15 is 0 Å². The highest BCUT2D eigenvalue weighted by atomic mass is 16.1. The van der Waals surface area contributed by atoms with Crippen molar-refractivity contribution in [1.29, 1.82) is 0 Å². The second-order valence-electron chi connectivity index (χ2n) is 6.01. The molecule has 3 aromatic carbocycles. The summed E-state index contributed by atoms with van der Waals surface area (Å²) >= 11 is 0. The highest BCUT2D eigenvalue weighted by Crippen LogP contribution is 2.30. The van der Waals surface area contributed by atoms with Crippen molar-refractivity contribution in [3.8, 4) is 11.3 Å². The van der Waals surface area contributed by atoms with Gasteiger partial charge in [-0.3, -0.25) is 9.36 Å². The first-order valence-corrected chi connectivity index (χ1v) is 7.76. The van der Waals surface area contributed by atoms with Crippen LogP contribution in [-0.4, -0.2) is 10.5 Å². The average Bonchev–Trinajstić information content (AvgIpc) is 2.93. The monoisotopic (exact) mass is 299 g/mol. The van der Waals surface area contributed by atoms with Crippen LogP contribution >= 0.6 is 0 Å². The Hall–Kier alpha value is -2.87. The first-order valence-electron chi connectivity index (χ1n) is 7.76. The molecule has 4 rings (SSSR count). The normalized spacial score (nSPS) is 11.2. The Balaban J connectivity index is 2.03. The van der Waals surface area contributed by atoms with Gasteiger partial charge in [0.1, 0.15) is 0 Å². The summed E-state index contributed by atoms with van der Waals surface area (Å²) < 4.78 is 1.81. The molecule has 0 bridgehead atoms. The van der Waals surface area contributed by atoms with Gasteiger partial charge in [0.15, 0.2) is 0 Å². The van der Waals surface area contributed by atoms with Gasteiger partial charge in [-0.05, 0) is 47.0 Å². The van der Waals surface area contributed by atoms with Crippen molar-refractivity contribution in [3.05, 3.63) is 72.3 Å². The largest absolute Gasteiger partial charge is 0.280 e. The average molecular weight is 299 g/mol. The third kappa shape index (κ3) is 2.23. The minimum atomic E-state index is 0.0359. The van der Waals surface area contributed by atoms with E-state index in [2.05, 4.69) is 54.6 Å². The van der Waals surface area contributed by atoms with E-state index in [4.69, 9.17) is 0 Å². The van der Waals surface area contributed by atoms with Gasteiger partial charge in [-0.25, -0.2) is 0 Å². The van der Waals surface area contributed by atoms with Gasteiger partial charge in [-0.2, -0.15) is 0 Å². The highest BCUT2D eigenvalue weighted by molar-refractivity contribution is 5.99. The van der Waals surface area contributed by atoms with Crippen LogP contribution in [-0.2, 0) is 0 Å². The lowest BCUT2D eigenvalue weighted by Crippen LogP contribution is -2.06. The zero-order chi connectivity index (χ0) is 16.0. The van der Waals surface area contributed by atoms with Crippen molar-refractivity contribution in [2.24, 2.45) is 0 Å². The van der Waals surface area contributed by atoms with E-state index in [1.165, 1.54) is 10.8 Å². The number of fused-ring (bicyclic) bond motifs is 2. The Bertz CT molecular complexity index is 1060. The predicted molar refractivity (Wildman–Crippen MR) is 95.9 cm³/mol. The van der Waals surface area contributed by atoms with Gasteiger partial charge in [0, 0.05) is 12.3 Å². The van der Waals surface area contributed by atoms with E-state index in [9.17, 15) is 4.79 Å². The molecule has 23 heavy (non-hydrogen) atoms. The molecule has 0 aliphatic heterocycles. The van der Waals surface area contributed by atoms with Crippen LogP contribution in [0.2, 0.25) is 0 Å². The Kier molecular flexibility index (Phi) is 3.05. The minimum absolute atomic E-state index is 0.0359. The highest BCUT2D eigenvalue weighted by Gasteiger charge is 2.14. The van der Waals surface area contributed by atoms with Gasteiger partial charge >= 0.3 is 0 Å². The summed E-state index contributed by atoms with van der Waals surface area (Å²) in [4.78, 5) is 12.3. The van der Waals surface area contributed by atoms with Crippen molar-refractivity contribution in [1.82, 2.24) is 4.57 Å². The molecule has 0 amide bonds. The van der Waals surface area contributed by atoms with Crippen LogP contribution in [0, 0.1) is 6.92 Å².